The summed E-state index contributed by atoms with van der Waals surface area (Å²) in [6.07, 6.45) is 2.80. The number of hydrogen-bond acceptors (Lipinski definition) is 2. The Morgan fingerprint density at radius 1 is 1.07 bits per heavy atom. The Balaban J connectivity index is 2.20. The van der Waals surface area contributed by atoms with Crippen LogP contribution >= 0.6 is 0 Å². The first-order chi connectivity index (χ1) is 7.22. The van der Waals surface area contributed by atoms with Gasteiger partial charge in [-0.05, 0) is 31.4 Å². The number of carbonyl (C=O) groups excluding carboxylic acids is 1. The number of benzene rings is 1. The van der Waals surface area contributed by atoms with Crippen LogP contribution in [0, 0.1) is 5.21 Å². The van der Waals surface area contributed by atoms with Crippen molar-refractivity contribution in [3.8, 4) is 0 Å². The maximum absolute atomic E-state index is 12.2. The molecule has 3 heteroatoms. The Morgan fingerprint density at radius 3 is 2.27 bits per heavy atom. The van der Waals surface area contributed by atoms with E-state index in [2.05, 4.69) is 0 Å². The summed E-state index contributed by atoms with van der Waals surface area (Å²) in [6, 6.07) is 8.87. The molecular weight excluding hydrogens is 190 g/mol. The number of rotatable bonds is 1. The summed E-state index contributed by atoms with van der Waals surface area (Å²) in [4.78, 5) is 12.0. The van der Waals surface area contributed by atoms with E-state index in [1.54, 1.807) is 24.3 Å². The fraction of sp³-hybridized carbons (Fsp3) is 0.417. The molecule has 1 heterocycles. The van der Waals surface area contributed by atoms with E-state index in [0.717, 1.165) is 19.3 Å². The molecule has 1 aromatic carbocycles. The standard InChI is InChI=1S/C12H15NO2/c14-12(11-7-3-1-4-8-11)13(15)9-5-2-6-10-13/h1,3-4,7-8H,2,5-6,9-10H2. The van der Waals surface area contributed by atoms with Gasteiger partial charge in [0.05, 0.1) is 18.7 Å². The highest BCUT2D eigenvalue weighted by Gasteiger charge is 2.30. The fourth-order valence-electron chi connectivity index (χ4n) is 2.04. The molecule has 1 aliphatic rings. The number of carbonyl (C=O) groups is 1. The van der Waals surface area contributed by atoms with E-state index in [-0.39, 0.29) is 5.91 Å². The zero-order valence-electron chi connectivity index (χ0n) is 8.69. The van der Waals surface area contributed by atoms with Crippen LogP contribution in [0.5, 0.6) is 0 Å². The molecule has 0 unspecified atom stereocenters. The van der Waals surface area contributed by atoms with Gasteiger partial charge in [-0.25, -0.2) is 4.79 Å². The van der Waals surface area contributed by atoms with Gasteiger partial charge >= 0.3 is 5.91 Å². The number of amides is 1. The molecule has 1 fully saturated rings. The van der Waals surface area contributed by atoms with Crippen molar-refractivity contribution in [2.24, 2.45) is 0 Å². The Bertz CT molecular complexity index is 342. The molecule has 1 saturated heterocycles. The first kappa shape index (κ1) is 10.3. The van der Waals surface area contributed by atoms with Gasteiger partial charge in [-0.1, -0.05) is 18.2 Å². The van der Waals surface area contributed by atoms with Crippen LogP contribution in [0.2, 0.25) is 0 Å². The molecule has 1 aliphatic heterocycles. The van der Waals surface area contributed by atoms with Crippen LogP contribution in [-0.4, -0.2) is 23.6 Å². The minimum atomic E-state index is -0.663. The molecule has 0 N–H and O–H groups in total. The number of hydroxylamine groups is 3. The molecule has 0 aromatic heterocycles. The van der Waals surface area contributed by atoms with Crippen molar-refractivity contribution in [3.63, 3.8) is 0 Å². The highest BCUT2D eigenvalue weighted by molar-refractivity contribution is 5.89. The highest BCUT2D eigenvalue weighted by Crippen LogP contribution is 2.20. The minimum absolute atomic E-state index is 0.282. The van der Waals surface area contributed by atoms with Gasteiger partial charge in [0.15, 0.2) is 0 Å². The lowest BCUT2D eigenvalue weighted by Crippen LogP contribution is -2.50. The molecule has 3 nitrogen and oxygen atoms in total. The quantitative estimate of drug-likeness (QED) is 0.521. The number of nitrogens with zero attached hydrogens (tertiary/aromatic N) is 1. The van der Waals surface area contributed by atoms with Gasteiger partial charge in [-0.15, -0.1) is 0 Å². The smallest absolute Gasteiger partial charge is 0.345 e. The second-order valence-corrected chi connectivity index (χ2v) is 4.07. The zero-order chi connectivity index (χ0) is 10.7. The molecule has 0 aliphatic carbocycles. The van der Waals surface area contributed by atoms with Crippen LogP contribution in [0.25, 0.3) is 0 Å². The zero-order valence-corrected chi connectivity index (χ0v) is 8.69. The van der Waals surface area contributed by atoms with Crippen molar-refractivity contribution < 1.29 is 9.44 Å². The lowest BCUT2D eigenvalue weighted by molar-refractivity contribution is -0.803. The molecule has 0 radical (unpaired) electrons. The summed E-state index contributed by atoms with van der Waals surface area (Å²) < 4.78 is -0.663. The average Bonchev–Trinajstić information content (AvgIpc) is 2.30. The SMILES string of the molecule is O=C(c1ccccc1)[N+]1([O-])CCCCC1. The lowest BCUT2D eigenvalue weighted by atomic mass is 10.1. The van der Waals surface area contributed by atoms with Crippen molar-refractivity contribution in [2.75, 3.05) is 13.1 Å². The van der Waals surface area contributed by atoms with Crippen molar-refractivity contribution in [1.82, 2.24) is 0 Å². The summed E-state index contributed by atoms with van der Waals surface area (Å²) in [5.41, 5.74) is 0.536. The maximum Gasteiger partial charge on any atom is 0.345 e. The summed E-state index contributed by atoms with van der Waals surface area (Å²) in [7, 11) is 0. The second-order valence-electron chi connectivity index (χ2n) is 4.07. The molecule has 80 valence electrons. The van der Waals surface area contributed by atoms with Gasteiger partial charge < -0.3 is 5.21 Å². The third-order valence-electron chi connectivity index (χ3n) is 2.93. The van der Waals surface area contributed by atoms with E-state index >= 15 is 0 Å². The normalized spacial score (nSPS) is 19.8. The van der Waals surface area contributed by atoms with Crippen molar-refractivity contribution in [2.45, 2.75) is 19.3 Å². The van der Waals surface area contributed by atoms with Gasteiger partial charge in [0.1, 0.15) is 0 Å². The fourth-order valence-corrected chi connectivity index (χ4v) is 2.04. The minimum Gasteiger partial charge on any atom is -0.625 e. The maximum atomic E-state index is 12.2. The van der Waals surface area contributed by atoms with Gasteiger partial charge in [0.2, 0.25) is 0 Å². The molecule has 0 saturated carbocycles. The van der Waals surface area contributed by atoms with Gasteiger partial charge in [-0.2, -0.15) is 0 Å². The third kappa shape index (κ3) is 2.08. The number of likely N-dealkylation sites (tertiary alicyclic amines) is 1. The predicted octanol–water partition coefficient (Wildman–Crippen LogP) is 2.33. The molecule has 15 heavy (non-hydrogen) atoms. The molecule has 0 spiro atoms. The summed E-state index contributed by atoms with van der Waals surface area (Å²) in [5.74, 6) is -0.282. The van der Waals surface area contributed by atoms with Gasteiger partial charge in [-0.3, -0.25) is 4.65 Å². The predicted molar refractivity (Wildman–Crippen MR) is 58.0 cm³/mol. The van der Waals surface area contributed by atoms with Crippen molar-refractivity contribution >= 4 is 5.91 Å². The summed E-state index contributed by atoms with van der Waals surface area (Å²) >= 11 is 0. The molecular formula is C12H15NO2. The monoisotopic (exact) mass is 205 g/mol. The van der Waals surface area contributed by atoms with E-state index in [0.29, 0.717) is 18.7 Å². The summed E-state index contributed by atoms with van der Waals surface area (Å²) in [5, 5.41) is 12.2. The molecule has 0 bridgehead atoms. The Kier molecular flexibility index (Phi) is 2.84. The van der Waals surface area contributed by atoms with E-state index in [4.69, 9.17) is 0 Å². The Labute approximate surface area is 89.5 Å². The Hall–Kier alpha value is -1.19. The lowest BCUT2D eigenvalue weighted by Gasteiger charge is -2.42. The number of piperidine rings is 1. The third-order valence-corrected chi connectivity index (χ3v) is 2.93. The van der Waals surface area contributed by atoms with Crippen molar-refractivity contribution in [3.05, 3.63) is 41.1 Å². The number of hydrogen-bond donors (Lipinski definition) is 0. The first-order valence-corrected chi connectivity index (χ1v) is 5.40. The van der Waals surface area contributed by atoms with Crippen LogP contribution < -0.4 is 0 Å². The van der Waals surface area contributed by atoms with Crippen LogP contribution in [0.15, 0.2) is 30.3 Å². The van der Waals surface area contributed by atoms with Crippen LogP contribution in [0.1, 0.15) is 29.6 Å². The first-order valence-electron chi connectivity index (χ1n) is 5.40. The second kappa shape index (κ2) is 4.13. The van der Waals surface area contributed by atoms with E-state index < -0.39 is 4.65 Å². The van der Waals surface area contributed by atoms with Crippen LogP contribution in [-0.2, 0) is 0 Å². The largest absolute Gasteiger partial charge is 0.625 e. The average molecular weight is 205 g/mol. The topological polar surface area (TPSA) is 40.1 Å². The van der Waals surface area contributed by atoms with E-state index in [1.807, 2.05) is 6.07 Å². The van der Waals surface area contributed by atoms with E-state index in [1.165, 1.54) is 0 Å². The summed E-state index contributed by atoms with van der Waals surface area (Å²) in [6.45, 7) is 0.876. The molecule has 2 rings (SSSR count). The molecule has 1 aromatic rings. The van der Waals surface area contributed by atoms with Crippen LogP contribution in [0.3, 0.4) is 0 Å². The molecule has 1 amide bonds. The van der Waals surface area contributed by atoms with Crippen LogP contribution in [0.4, 0.5) is 0 Å². The van der Waals surface area contributed by atoms with Crippen molar-refractivity contribution in [1.29, 1.82) is 0 Å². The van der Waals surface area contributed by atoms with E-state index in [9.17, 15) is 10.0 Å². The molecule has 0 atom stereocenters. The van der Waals surface area contributed by atoms with Gasteiger partial charge in [0.25, 0.3) is 0 Å². The number of quaternary nitrogens is 1. The van der Waals surface area contributed by atoms with Gasteiger partial charge in [0, 0.05) is 0 Å². The Morgan fingerprint density at radius 2 is 1.67 bits per heavy atom. The highest BCUT2D eigenvalue weighted by atomic mass is 16.6.